The smallest absolute Gasteiger partial charge is 0.0820 e. The van der Waals surface area contributed by atoms with Crippen LogP contribution in [-0.2, 0) is 6.42 Å². The van der Waals surface area contributed by atoms with Crippen molar-refractivity contribution in [2.75, 3.05) is 11.9 Å². The van der Waals surface area contributed by atoms with E-state index in [9.17, 15) is 0 Å². The van der Waals surface area contributed by atoms with Gasteiger partial charge in [0.2, 0.25) is 0 Å². The number of halogens is 1. The molecule has 0 aliphatic heterocycles. The Morgan fingerprint density at radius 2 is 2.18 bits per heavy atom. The van der Waals surface area contributed by atoms with Gasteiger partial charge in [-0.05, 0) is 25.0 Å². The number of anilines is 1. The Bertz CT molecular complexity index is 497. The molecule has 0 saturated carbocycles. The Labute approximate surface area is 107 Å². The minimum Gasteiger partial charge on any atom is -0.383 e. The van der Waals surface area contributed by atoms with Crippen molar-refractivity contribution in [3.63, 3.8) is 0 Å². The van der Waals surface area contributed by atoms with Crippen LogP contribution in [0.4, 0.5) is 5.69 Å². The first kappa shape index (κ1) is 11.9. The third kappa shape index (κ3) is 3.46. The lowest BCUT2D eigenvalue weighted by atomic mass is 10.1. The van der Waals surface area contributed by atoms with E-state index in [4.69, 9.17) is 11.6 Å². The van der Waals surface area contributed by atoms with Crippen LogP contribution in [0.2, 0.25) is 5.02 Å². The normalized spacial score (nSPS) is 10.2. The molecule has 17 heavy (non-hydrogen) atoms. The lowest BCUT2D eigenvalue weighted by molar-refractivity contribution is 1.02. The zero-order valence-electron chi connectivity index (χ0n) is 9.78. The molecule has 0 spiro atoms. The predicted molar refractivity (Wildman–Crippen MR) is 72.6 cm³/mol. The van der Waals surface area contributed by atoms with Gasteiger partial charge >= 0.3 is 0 Å². The van der Waals surface area contributed by atoms with Crippen LogP contribution in [0.3, 0.4) is 0 Å². The second-order valence-electron chi connectivity index (χ2n) is 4.02. The summed E-state index contributed by atoms with van der Waals surface area (Å²) in [6, 6.07) is 10.4. The molecule has 2 aromatic rings. The molecular formula is C14H15ClN2. The van der Waals surface area contributed by atoms with Crippen LogP contribution >= 0.6 is 11.6 Å². The van der Waals surface area contributed by atoms with Gasteiger partial charge in [0.1, 0.15) is 0 Å². The van der Waals surface area contributed by atoms with Crippen LogP contribution in [-0.4, -0.2) is 11.5 Å². The SMILES string of the molecule is Cc1cccc(CCNc2ccncc2Cl)c1. The molecule has 0 atom stereocenters. The summed E-state index contributed by atoms with van der Waals surface area (Å²) in [4.78, 5) is 3.95. The van der Waals surface area contributed by atoms with Gasteiger partial charge in [-0.15, -0.1) is 0 Å². The highest BCUT2D eigenvalue weighted by Crippen LogP contribution is 2.18. The fourth-order valence-corrected chi connectivity index (χ4v) is 1.91. The van der Waals surface area contributed by atoms with Crippen molar-refractivity contribution in [1.29, 1.82) is 0 Å². The number of aromatic nitrogens is 1. The molecule has 1 aromatic heterocycles. The molecule has 0 radical (unpaired) electrons. The van der Waals surface area contributed by atoms with Crippen LogP contribution in [0.25, 0.3) is 0 Å². The van der Waals surface area contributed by atoms with E-state index in [2.05, 4.69) is 41.5 Å². The third-order valence-electron chi connectivity index (χ3n) is 2.58. The number of benzene rings is 1. The van der Waals surface area contributed by atoms with Gasteiger partial charge in [0.05, 0.1) is 10.7 Å². The van der Waals surface area contributed by atoms with Crippen LogP contribution in [0.5, 0.6) is 0 Å². The summed E-state index contributed by atoms with van der Waals surface area (Å²) in [5.41, 5.74) is 3.57. The second-order valence-corrected chi connectivity index (χ2v) is 4.43. The van der Waals surface area contributed by atoms with E-state index in [1.807, 2.05) is 6.07 Å². The summed E-state index contributed by atoms with van der Waals surface area (Å²) in [6.07, 6.45) is 4.37. The number of aryl methyl sites for hydroxylation is 1. The van der Waals surface area contributed by atoms with Crippen molar-refractivity contribution < 1.29 is 0 Å². The average Bonchev–Trinajstić information content (AvgIpc) is 2.32. The average molecular weight is 247 g/mol. The first-order chi connectivity index (χ1) is 8.25. The Morgan fingerprint density at radius 1 is 1.29 bits per heavy atom. The molecular weight excluding hydrogens is 232 g/mol. The van der Waals surface area contributed by atoms with Crippen LogP contribution < -0.4 is 5.32 Å². The van der Waals surface area contributed by atoms with Crippen LogP contribution in [0, 0.1) is 6.92 Å². The van der Waals surface area contributed by atoms with Crippen molar-refractivity contribution in [1.82, 2.24) is 4.98 Å². The van der Waals surface area contributed by atoms with Gasteiger partial charge < -0.3 is 5.32 Å². The third-order valence-corrected chi connectivity index (χ3v) is 2.89. The summed E-state index contributed by atoms with van der Waals surface area (Å²) < 4.78 is 0. The van der Waals surface area contributed by atoms with Gasteiger partial charge in [0.15, 0.2) is 0 Å². The van der Waals surface area contributed by atoms with Crippen molar-refractivity contribution in [3.8, 4) is 0 Å². The molecule has 0 aliphatic rings. The summed E-state index contributed by atoms with van der Waals surface area (Å²) >= 11 is 6.01. The fraction of sp³-hybridized carbons (Fsp3) is 0.214. The van der Waals surface area contributed by atoms with Crippen LogP contribution in [0.1, 0.15) is 11.1 Å². The molecule has 3 heteroatoms. The topological polar surface area (TPSA) is 24.9 Å². The van der Waals surface area contributed by atoms with Crippen molar-refractivity contribution >= 4 is 17.3 Å². The van der Waals surface area contributed by atoms with E-state index in [1.54, 1.807) is 12.4 Å². The molecule has 88 valence electrons. The van der Waals surface area contributed by atoms with Crippen molar-refractivity contribution in [2.45, 2.75) is 13.3 Å². The molecule has 0 bridgehead atoms. The Balaban J connectivity index is 1.90. The number of hydrogen-bond acceptors (Lipinski definition) is 2. The van der Waals surface area contributed by atoms with Gasteiger partial charge in [0, 0.05) is 18.9 Å². The van der Waals surface area contributed by atoms with E-state index in [0.29, 0.717) is 5.02 Å². The quantitative estimate of drug-likeness (QED) is 0.890. The molecule has 1 aromatic carbocycles. The fourth-order valence-electron chi connectivity index (χ4n) is 1.73. The zero-order valence-corrected chi connectivity index (χ0v) is 10.5. The summed E-state index contributed by atoms with van der Waals surface area (Å²) in [7, 11) is 0. The minimum absolute atomic E-state index is 0.664. The largest absolute Gasteiger partial charge is 0.383 e. The lowest BCUT2D eigenvalue weighted by Crippen LogP contribution is -2.05. The Kier molecular flexibility index (Phi) is 3.99. The number of pyridine rings is 1. The Morgan fingerprint density at radius 3 is 2.94 bits per heavy atom. The van der Waals surface area contributed by atoms with E-state index in [1.165, 1.54) is 11.1 Å². The molecule has 0 amide bonds. The maximum Gasteiger partial charge on any atom is 0.0820 e. The number of nitrogens with zero attached hydrogens (tertiary/aromatic N) is 1. The second kappa shape index (κ2) is 5.69. The van der Waals surface area contributed by atoms with Crippen molar-refractivity contribution in [2.24, 2.45) is 0 Å². The number of nitrogens with one attached hydrogen (secondary N) is 1. The molecule has 1 heterocycles. The Hall–Kier alpha value is -1.54. The van der Waals surface area contributed by atoms with E-state index >= 15 is 0 Å². The lowest BCUT2D eigenvalue weighted by Gasteiger charge is -2.08. The molecule has 2 nitrogen and oxygen atoms in total. The number of hydrogen-bond donors (Lipinski definition) is 1. The molecule has 0 aliphatic carbocycles. The van der Waals surface area contributed by atoms with E-state index in [0.717, 1.165) is 18.7 Å². The van der Waals surface area contributed by atoms with Gasteiger partial charge in [-0.3, -0.25) is 4.98 Å². The summed E-state index contributed by atoms with van der Waals surface area (Å²) in [5, 5.41) is 3.97. The molecule has 0 unspecified atom stereocenters. The number of rotatable bonds is 4. The molecule has 2 rings (SSSR count). The highest BCUT2D eigenvalue weighted by molar-refractivity contribution is 6.33. The van der Waals surface area contributed by atoms with Gasteiger partial charge in [-0.25, -0.2) is 0 Å². The first-order valence-electron chi connectivity index (χ1n) is 5.64. The van der Waals surface area contributed by atoms with E-state index < -0.39 is 0 Å². The standard InChI is InChI=1S/C14H15ClN2/c1-11-3-2-4-12(9-11)5-8-17-14-6-7-16-10-13(14)15/h2-4,6-7,9-10H,5,8H2,1H3,(H,16,17). The van der Waals surface area contributed by atoms with Gasteiger partial charge in [-0.2, -0.15) is 0 Å². The zero-order chi connectivity index (χ0) is 12.1. The predicted octanol–water partition coefficient (Wildman–Crippen LogP) is 3.70. The van der Waals surface area contributed by atoms with Gasteiger partial charge in [-0.1, -0.05) is 41.4 Å². The molecule has 1 N–H and O–H groups in total. The van der Waals surface area contributed by atoms with E-state index in [-0.39, 0.29) is 0 Å². The van der Waals surface area contributed by atoms with Crippen LogP contribution in [0.15, 0.2) is 42.7 Å². The monoisotopic (exact) mass is 246 g/mol. The van der Waals surface area contributed by atoms with Gasteiger partial charge in [0.25, 0.3) is 0 Å². The summed E-state index contributed by atoms with van der Waals surface area (Å²) in [6.45, 7) is 2.98. The highest BCUT2D eigenvalue weighted by atomic mass is 35.5. The molecule has 0 fully saturated rings. The minimum atomic E-state index is 0.664. The molecule has 0 saturated heterocycles. The summed E-state index contributed by atoms with van der Waals surface area (Å²) in [5.74, 6) is 0. The highest BCUT2D eigenvalue weighted by Gasteiger charge is 1.98. The van der Waals surface area contributed by atoms with Crippen molar-refractivity contribution in [3.05, 3.63) is 58.9 Å². The maximum absolute atomic E-state index is 6.01. The maximum atomic E-state index is 6.01. The first-order valence-corrected chi connectivity index (χ1v) is 6.02.